The van der Waals surface area contributed by atoms with Crippen LogP contribution in [-0.4, -0.2) is 59.5 Å². The Morgan fingerprint density at radius 2 is 1.83 bits per heavy atom. The zero-order chi connectivity index (χ0) is 20.9. The van der Waals surface area contributed by atoms with Crippen LogP contribution < -0.4 is 5.32 Å². The zero-order valence-corrected chi connectivity index (χ0v) is 18.3. The molecule has 1 aliphatic rings. The molecule has 0 aliphatic carbocycles. The molecule has 0 spiro atoms. The first kappa shape index (κ1) is 23.4. The van der Waals surface area contributed by atoms with E-state index in [0.29, 0.717) is 24.5 Å². The van der Waals surface area contributed by atoms with Gasteiger partial charge in [-0.3, -0.25) is 9.59 Å². The first-order valence-electron chi connectivity index (χ1n) is 11.3. The van der Waals surface area contributed by atoms with Crippen molar-refractivity contribution >= 4 is 17.6 Å². The molecule has 2 amide bonds. The summed E-state index contributed by atoms with van der Waals surface area (Å²) in [6.45, 7) is 7.66. The average Bonchev–Trinajstić information content (AvgIpc) is 3.36. The molecule has 2 rings (SSSR count). The summed E-state index contributed by atoms with van der Waals surface area (Å²) in [5.41, 5.74) is 0. The second-order valence-electron chi connectivity index (χ2n) is 8.11. The second kappa shape index (κ2) is 13.4. The number of aryl methyl sites for hydroxylation is 1. The van der Waals surface area contributed by atoms with E-state index < -0.39 is 0 Å². The standard InChI is InChI=1S/C22H38N4O3/c1-3-4-5-6-7-8-9-12-22(28)26(16-15-25-13-10-11-14-25)18-21(27)23-20-17-19(2)29-24-20/h17H,3-16,18H2,1-2H3,(H,23,24,27). The van der Waals surface area contributed by atoms with Gasteiger partial charge >= 0.3 is 0 Å². The van der Waals surface area contributed by atoms with Crippen molar-refractivity contribution in [1.29, 1.82) is 0 Å². The Balaban J connectivity index is 1.77. The fraction of sp³-hybridized carbons (Fsp3) is 0.773. The Labute approximate surface area is 175 Å². The molecular weight excluding hydrogens is 368 g/mol. The molecule has 164 valence electrons. The van der Waals surface area contributed by atoms with Gasteiger partial charge in [-0.2, -0.15) is 0 Å². The quantitative estimate of drug-likeness (QED) is 0.473. The minimum atomic E-state index is -0.229. The summed E-state index contributed by atoms with van der Waals surface area (Å²) in [6, 6.07) is 1.67. The summed E-state index contributed by atoms with van der Waals surface area (Å²) >= 11 is 0. The maximum Gasteiger partial charge on any atom is 0.245 e. The van der Waals surface area contributed by atoms with E-state index >= 15 is 0 Å². The monoisotopic (exact) mass is 406 g/mol. The zero-order valence-electron chi connectivity index (χ0n) is 18.3. The smallest absolute Gasteiger partial charge is 0.245 e. The number of carbonyl (C=O) groups is 2. The first-order valence-corrected chi connectivity index (χ1v) is 11.3. The summed E-state index contributed by atoms with van der Waals surface area (Å²) in [5, 5.41) is 6.51. The number of aromatic nitrogens is 1. The van der Waals surface area contributed by atoms with Crippen LogP contribution in [0.5, 0.6) is 0 Å². The molecule has 1 saturated heterocycles. The van der Waals surface area contributed by atoms with Crippen molar-refractivity contribution in [3.63, 3.8) is 0 Å². The third kappa shape index (κ3) is 9.43. The molecule has 0 radical (unpaired) electrons. The average molecular weight is 407 g/mol. The summed E-state index contributed by atoms with van der Waals surface area (Å²) in [7, 11) is 0. The lowest BCUT2D eigenvalue weighted by molar-refractivity contribution is -0.135. The van der Waals surface area contributed by atoms with Gasteiger partial charge < -0.3 is 19.6 Å². The number of unbranched alkanes of at least 4 members (excludes halogenated alkanes) is 6. The molecule has 0 saturated carbocycles. The van der Waals surface area contributed by atoms with E-state index in [1.165, 1.54) is 44.9 Å². The molecule has 0 unspecified atom stereocenters. The predicted molar refractivity (Wildman–Crippen MR) is 115 cm³/mol. The maximum absolute atomic E-state index is 12.8. The van der Waals surface area contributed by atoms with Crippen LogP contribution in [0.15, 0.2) is 10.6 Å². The van der Waals surface area contributed by atoms with Crippen molar-refractivity contribution < 1.29 is 14.1 Å². The predicted octanol–water partition coefficient (Wildman–Crippen LogP) is 3.99. The van der Waals surface area contributed by atoms with E-state index in [-0.39, 0.29) is 18.4 Å². The molecule has 1 N–H and O–H groups in total. The van der Waals surface area contributed by atoms with Crippen molar-refractivity contribution in [2.75, 3.05) is 38.0 Å². The number of nitrogens with one attached hydrogen (secondary N) is 1. The van der Waals surface area contributed by atoms with Crippen LogP contribution >= 0.6 is 0 Å². The molecule has 29 heavy (non-hydrogen) atoms. The number of hydrogen-bond donors (Lipinski definition) is 1. The summed E-state index contributed by atoms with van der Waals surface area (Å²) in [6.07, 6.45) is 11.2. The second-order valence-corrected chi connectivity index (χ2v) is 8.11. The van der Waals surface area contributed by atoms with E-state index in [1.807, 2.05) is 0 Å². The molecule has 0 bridgehead atoms. The van der Waals surface area contributed by atoms with Crippen LogP contribution in [-0.2, 0) is 9.59 Å². The van der Waals surface area contributed by atoms with Gasteiger partial charge in [0.1, 0.15) is 5.76 Å². The van der Waals surface area contributed by atoms with Gasteiger partial charge in [-0.05, 0) is 39.3 Å². The van der Waals surface area contributed by atoms with E-state index in [1.54, 1.807) is 17.9 Å². The van der Waals surface area contributed by atoms with Crippen LogP contribution in [0.1, 0.15) is 76.9 Å². The Hall–Kier alpha value is -1.89. The van der Waals surface area contributed by atoms with Crippen LogP contribution in [0, 0.1) is 6.92 Å². The largest absolute Gasteiger partial charge is 0.360 e. The van der Waals surface area contributed by atoms with E-state index in [4.69, 9.17) is 4.52 Å². The van der Waals surface area contributed by atoms with Crippen molar-refractivity contribution in [1.82, 2.24) is 15.0 Å². The number of carbonyl (C=O) groups excluding carboxylic acids is 2. The van der Waals surface area contributed by atoms with Gasteiger partial charge in [-0.25, -0.2) is 0 Å². The van der Waals surface area contributed by atoms with Gasteiger partial charge in [0.2, 0.25) is 11.8 Å². The van der Waals surface area contributed by atoms with Crippen LogP contribution in [0.25, 0.3) is 0 Å². The molecular formula is C22H38N4O3. The molecule has 0 atom stereocenters. The normalized spacial score (nSPS) is 14.3. The summed E-state index contributed by atoms with van der Waals surface area (Å²) in [5.74, 6) is 0.879. The Kier molecular flexibility index (Phi) is 10.8. The Morgan fingerprint density at radius 1 is 1.14 bits per heavy atom. The molecule has 0 aromatic carbocycles. The number of likely N-dealkylation sites (tertiary alicyclic amines) is 1. The lowest BCUT2D eigenvalue weighted by Crippen LogP contribution is -2.42. The van der Waals surface area contributed by atoms with Gasteiger partial charge in [0.15, 0.2) is 5.82 Å². The molecule has 7 heteroatoms. The van der Waals surface area contributed by atoms with E-state index in [0.717, 1.165) is 32.5 Å². The topological polar surface area (TPSA) is 78.7 Å². The van der Waals surface area contributed by atoms with Crippen molar-refractivity contribution in [3.8, 4) is 0 Å². The van der Waals surface area contributed by atoms with E-state index in [2.05, 4.69) is 22.3 Å². The van der Waals surface area contributed by atoms with Gasteiger partial charge in [0, 0.05) is 25.6 Å². The van der Waals surface area contributed by atoms with Gasteiger partial charge in [-0.15, -0.1) is 0 Å². The van der Waals surface area contributed by atoms with Gasteiger partial charge in [0.25, 0.3) is 0 Å². The number of anilines is 1. The SMILES string of the molecule is CCCCCCCCCC(=O)N(CCN1CCCC1)CC(=O)Nc1cc(C)on1. The fourth-order valence-electron chi connectivity index (χ4n) is 3.73. The third-order valence-electron chi connectivity index (χ3n) is 5.46. The highest BCUT2D eigenvalue weighted by Gasteiger charge is 2.20. The highest BCUT2D eigenvalue weighted by Crippen LogP contribution is 2.12. The van der Waals surface area contributed by atoms with E-state index in [9.17, 15) is 9.59 Å². The third-order valence-corrected chi connectivity index (χ3v) is 5.46. The van der Waals surface area contributed by atoms with Crippen LogP contribution in [0.3, 0.4) is 0 Å². The molecule has 1 aromatic rings. The molecule has 1 aromatic heterocycles. The minimum absolute atomic E-state index is 0.0646. The molecule has 1 aliphatic heterocycles. The fourth-order valence-corrected chi connectivity index (χ4v) is 3.73. The van der Waals surface area contributed by atoms with Crippen molar-refractivity contribution in [2.45, 2.75) is 78.1 Å². The number of rotatable bonds is 14. The Bertz CT molecular complexity index is 611. The maximum atomic E-state index is 12.8. The summed E-state index contributed by atoms with van der Waals surface area (Å²) in [4.78, 5) is 29.3. The molecule has 2 heterocycles. The highest BCUT2D eigenvalue weighted by molar-refractivity contribution is 5.93. The van der Waals surface area contributed by atoms with Gasteiger partial charge in [0.05, 0.1) is 6.54 Å². The summed E-state index contributed by atoms with van der Waals surface area (Å²) < 4.78 is 4.98. The van der Waals surface area contributed by atoms with Crippen LogP contribution in [0.2, 0.25) is 0 Å². The molecule has 1 fully saturated rings. The Morgan fingerprint density at radius 3 is 2.48 bits per heavy atom. The first-order chi connectivity index (χ1) is 14.1. The number of amides is 2. The van der Waals surface area contributed by atoms with Crippen molar-refractivity contribution in [2.24, 2.45) is 0 Å². The lowest BCUT2D eigenvalue weighted by atomic mass is 10.1. The lowest BCUT2D eigenvalue weighted by Gasteiger charge is -2.25. The molecule has 7 nitrogen and oxygen atoms in total. The number of nitrogens with zero attached hydrogens (tertiary/aromatic N) is 3. The minimum Gasteiger partial charge on any atom is -0.360 e. The highest BCUT2D eigenvalue weighted by atomic mass is 16.5. The number of hydrogen-bond acceptors (Lipinski definition) is 5. The van der Waals surface area contributed by atoms with Crippen LogP contribution in [0.4, 0.5) is 5.82 Å². The van der Waals surface area contributed by atoms with Crippen molar-refractivity contribution in [3.05, 3.63) is 11.8 Å². The van der Waals surface area contributed by atoms with Gasteiger partial charge in [-0.1, -0.05) is 50.6 Å².